The van der Waals surface area contributed by atoms with E-state index < -0.39 is 0 Å². The Balaban J connectivity index is 2.08. The van der Waals surface area contributed by atoms with Crippen LogP contribution in [0.5, 0.6) is 0 Å². The maximum absolute atomic E-state index is 12.3. The Morgan fingerprint density at radius 2 is 1.88 bits per heavy atom. The monoisotopic (exact) mass is 343 g/mol. The van der Waals surface area contributed by atoms with E-state index in [1.165, 1.54) is 19.3 Å². The van der Waals surface area contributed by atoms with Gasteiger partial charge in [0.05, 0.1) is 5.69 Å². The molecule has 2 rings (SSSR count). The molecule has 1 aliphatic rings. The van der Waals surface area contributed by atoms with Gasteiger partial charge in [-0.15, -0.1) is 0 Å². The number of para-hydroxylation sites is 1. The van der Waals surface area contributed by atoms with Crippen molar-refractivity contribution in [3.63, 3.8) is 0 Å². The van der Waals surface area contributed by atoms with Gasteiger partial charge in [0, 0.05) is 8.99 Å². The second-order valence-corrected chi connectivity index (χ2v) is 6.22. The lowest BCUT2D eigenvalue weighted by atomic mass is 9.75. The van der Waals surface area contributed by atoms with Gasteiger partial charge in [0.25, 0.3) is 0 Å². The number of hydrogen-bond acceptors (Lipinski definition) is 1. The molecule has 0 aromatic heterocycles. The fraction of sp³-hybridized carbons (Fsp3) is 0.500. The van der Waals surface area contributed by atoms with E-state index in [1.807, 2.05) is 24.3 Å². The second-order valence-electron chi connectivity index (χ2n) is 5.06. The van der Waals surface area contributed by atoms with Crippen LogP contribution < -0.4 is 5.32 Å². The summed E-state index contributed by atoms with van der Waals surface area (Å²) >= 11 is 2.25. The Morgan fingerprint density at radius 1 is 1.24 bits per heavy atom. The molecule has 0 radical (unpaired) electrons. The third-order valence-electron chi connectivity index (χ3n) is 3.63. The minimum absolute atomic E-state index is 0.169. The highest BCUT2D eigenvalue weighted by Crippen LogP contribution is 2.37. The van der Waals surface area contributed by atoms with Crippen molar-refractivity contribution in [1.29, 1.82) is 0 Å². The largest absolute Gasteiger partial charge is 0.325 e. The Bertz CT molecular complexity index is 410. The molecule has 92 valence electrons. The summed E-state index contributed by atoms with van der Waals surface area (Å²) in [5.74, 6) is 0.182. The van der Waals surface area contributed by atoms with Crippen molar-refractivity contribution in [1.82, 2.24) is 0 Å². The van der Waals surface area contributed by atoms with Gasteiger partial charge in [0.1, 0.15) is 0 Å². The summed E-state index contributed by atoms with van der Waals surface area (Å²) in [5, 5.41) is 3.07. The van der Waals surface area contributed by atoms with Crippen LogP contribution in [0.25, 0.3) is 0 Å². The number of halogens is 1. The van der Waals surface area contributed by atoms with Gasteiger partial charge in [-0.1, -0.05) is 38.3 Å². The number of carbonyl (C=O) groups excluding carboxylic acids is 1. The van der Waals surface area contributed by atoms with Crippen LogP contribution in [-0.2, 0) is 4.79 Å². The Morgan fingerprint density at radius 3 is 2.53 bits per heavy atom. The first-order valence-corrected chi connectivity index (χ1v) is 7.26. The van der Waals surface area contributed by atoms with Crippen molar-refractivity contribution >= 4 is 34.2 Å². The van der Waals surface area contributed by atoms with Crippen LogP contribution in [0.3, 0.4) is 0 Å². The third kappa shape index (κ3) is 3.00. The van der Waals surface area contributed by atoms with E-state index in [9.17, 15) is 4.79 Å². The highest BCUT2D eigenvalue weighted by atomic mass is 127. The van der Waals surface area contributed by atoms with Gasteiger partial charge in [-0.25, -0.2) is 0 Å². The summed E-state index contributed by atoms with van der Waals surface area (Å²) in [6.45, 7) is 2.09. The Kier molecular flexibility index (Phi) is 4.07. The standard InChI is InChI=1S/C14H18INO/c1-14(9-5-2-6-10-14)13(17)16-12-8-4-3-7-11(12)15/h3-4,7-8H,2,5-6,9-10H2,1H3,(H,16,17). The van der Waals surface area contributed by atoms with Crippen LogP contribution in [0.4, 0.5) is 5.69 Å². The predicted octanol–water partition coefficient (Wildman–Crippen LogP) is 4.20. The van der Waals surface area contributed by atoms with E-state index in [-0.39, 0.29) is 11.3 Å². The first-order chi connectivity index (χ1) is 8.12. The molecular formula is C14H18INO. The summed E-state index contributed by atoms with van der Waals surface area (Å²) in [6.07, 6.45) is 5.65. The Hall–Kier alpha value is -0.580. The molecule has 1 amide bonds. The van der Waals surface area contributed by atoms with Gasteiger partial charge < -0.3 is 5.32 Å². The number of carbonyl (C=O) groups is 1. The molecule has 1 N–H and O–H groups in total. The van der Waals surface area contributed by atoms with E-state index in [4.69, 9.17) is 0 Å². The molecule has 1 aromatic rings. The molecule has 1 fully saturated rings. The summed E-state index contributed by atoms with van der Waals surface area (Å²) in [5.41, 5.74) is 0.766. The molecule has 17 heavy (non-hydrogen) atoms. The van der Waals surface area contributed by atoms with E-state index in [0.717, 1.165) is 22.1 Å². The molecule has 0 aliphatic heterocycles. The maximum atomic E-state index is 12.3. The van der Waals surface area contributed by atoms with Crippen molar-refractivity contribution in [3.05, 3.63) is 27.8 Å². The summed E-state index contributed by atoms with van der Waals surface area (Å²) < 4.78 is 1.10. The van der Waals surface area contributed by atoms with Crippen molar-refractivity contribution in [2.45, 2.75) is 39.0 Å². The molecule has 3 heteroatoms. The quantitative estimate of drug-likeness (QED) is 0.801. The number of nitrogens with one attached hydrogen (secondary N) is 1. The number of rotatable bonds is 2. The first kappa shape index (κ1) is 12.9. The van der Waals surface area contributed by atoms with Crippen LogP contribution in [0, 0.1) is 8.99 Å². The lowest BCUT2D eigenvalue weighted by molar-refractivity contribution is -0.126. The number of hydrogen-bond donors (Lipinski definition) is 1. The van der Waals surface area contributed by atoms with Crippen molar-refractivity contribution in [3.8, 4) is 0 Å². The van der Waals surface area contributed by atoms with Gasteiger partial charge in [-0.2, -0.15) is 0 Å². The van der Waals surface area contributed by atoms with Crippen LogP contribution in [0.1, 0.15) is 39.0 Å². The molecule has 2 nitrogen and oxygen atoms in total. The lowest BCUT2D eigenvalue weighted by Gasteiger charge is -2.32. The average Bonchev–Trinajstić information content (AvgIpc) is 2.33. The molecule has 1 aromatic carbocycles. The molecule has 0 saturated heterocycles. The van der Waals surface area contributed by atoms with Crippen molar-refractivity contribution < 1.29 is 4.79 Å². The zero-order valence-corrected chi connectivity index (χ0v) is 12.3. The zero-order valence-electron chi connectivity index (χ0n) is 10.1. The van der Waals surface area contributed by atoms with Gasteiger partial charge in [0.15, 0.2) is 0 Å². The zero-order chi connectivity index (χ0) is 12.3. The number of anilines is 1. The van der Waals surface area contributed by atoms with Gasteiger partial charge in [-0.3, -0.25) is 4.79 Å². The molecule has 0 heterocycles. The van der Waals surface area contributed by atoms with Gasteiger partial charge in [0.2, 0.25) is 5.91 Å². The van der Waals surface area contributed by atoms with Gasteiger partial charge in [-0.05, 0) is 47.6 Å². The van der Waals surface area contributed by atoms with Crippen molar-refractivity contribution in [2.24, 2.45) is 5.41 Å². The first-order valence-electron chi connectivity index (χ1n) is 6.18. The molecule has 0 unspecified atom stereocenters. The number of amides is 1. The third-order valence-corrected chi connectivity index (χ3v) is 4.57. The number of benzene rings is 1. The Labute approximate surface area is 116 Å². The summed E-state index contributed by atoms with van der Waals surface area (Å²) in [4.78, 5) is 12.3. The second kappa shape index (κ2) is 5.38. The highest BCUT2D eigenvalue weighted by Gasteiger charge is 2.34. The molecule has 1 saturated carbocycles. The molecule has 1 aliphatic carbocycles. The highest BCUT2D eigenvalue weighted by molar-refractivity contribution is 14.1. The summed E-state index contributed by atoms with van der Waals surface area (Å²) in [7, 11) is 0. The molecule has 0 atom stereocenters. The molecular weight excluding hydrogens is 325 g/mol. The van der Waals surface area contributed by atoms with Crippen molar-refractivity contribution in [2.75, 3.05) is 5.32 Å². The maximum Gasteiger partial charge on any atom is 0.230 e. The normalized spacial score (nSPS) is 18.7. The van der Waals surface area contributed by atoms with Crippen LogP contribution in [0.15, 0.2) is 24.3 Å². The van der Waals surface area contributed by atoms with Crippen LogP contribution in [0.2, 0.25) is 0 Å². The lowest BCUT2D eigenvalue weighted by Crippen LogP contribution is -2.35. The summed E-state index contributed by atoms with van der Waals surface area (Å²) in [6, 6.07) is 7.92. The molecule has 0 bridgehead atoms. The van der Waals surface area contributed by atoms with E-state index in [1.54, 1.807) is 0 Å². The van der Waals surface area contributed by atoms with Crippen LogP contribution in [-0.4, -0.2) is 5.91 Å². The SMILES string of the molecule is CC1(C(=O)Nc2ccccc2I)CCCCC1. The topological polar surface area (TPSA) is 29.1 Å². The molecule has 0 spiro atoms. The minimum atomic E-state index is -0.169. The average molecular weight is 343 g/mol. The van der Waals surface area contributed by atoms with E-state index in [2.05, 4.69) is 34.8 Å². The van der Waals surface area contributed by atoms with E-state index >= 15 is 0 Å². The van der Waals surface area contributed by atoms with E-state index in [0.29, 0.717) is 0 Å². The van der Waals surface area contributed by atoms with Crippen LogP contribution >= 0.6 is 22.6 Å². The minimum Gasteiger partial charge on any atom is -0.325 e. The fourth-order valence-electron chi connectivity index (χ4n) is 2.39. The predicted molar refractivity (Wildman–Crippen MR) is 79.0 cm³/mol. The van der Waals surface area contributed by atoms with Gasteiger partial charge >= 0.3 is 0 Å². The fourth-order valence-corrected chi connectivity index (χ4v) is 2.92. The smallest absolute Gasteiger partial charge is 0.230 e.